The summed E-state index contributed by atoms with van der Waals surface area (Å²) in [4.78, 5) is 29.5. The van der Waals surface area contributed by atoms with Crippen molar-refractivity contribution in [2.24, 2.45) is 0 Å². The Bertz CT molecular complexity index is 1280. The number of carbonyl (C=O) groups excluding carboxylic acids is 1. The van der Waals surface area contributed by atoms with Gasteiger partial charge in [-0.2, -0.15) is 4.98 Å². The van der Waals surface area contributed by atoms with Gasteiger partial charge in [0.1, 0.15) is 25.3 Å². The predicted octanol–water partition coefficient (Wildman–Crippen LogP) is 3.18. The van der Waals surface area contributed by atoms with E-state index in [4.69, 9.17) is 14.2 Å². The summed E-state index contributed by atoms with van der Waals surface area (Å²) in [5.74, 6) is 2.36. The van der Waals surface area contributed by atoms with Crippen molar-refractivity contribution >= 4 is 28.9 Å². The van der Waals surface area contributed by atoms with Crippen molar-refractivity contribution in [2.45, 2.75) is 0 Å². The van der Waals surface area contributed by atoms with Gasteiger partial charge in [0, 0.05) is 31.8 Å². The molecule has 0 saturated heterocycles. The number of aromatic nitrogens is 3. The minimum Gasteiger partial charge on any atom is -0.494 e. The number of hydrogen-bond donors (Lipinski definition) is 2. The molecule has 3 aromatic rings. The highest BCUT2D eigenvalue weighted by atomic mass is 16.6. The standard InChI is InChI=1S/C26H31N7O4/c1-6-24(34)29-18-14-19(22(35-5)15-20(18)33(4)10-9-32(2)3)30-26-28-16-27-25(31-26)17-7-8-21-23(13-17)37-12-11-36-21/h6-8,13-16H,1,9-12H2,2-5H3,(H,29,34)(H,27,28,30,31). The lowest BCUT2D eigenvalue weighted by Crippen LogP contribution is -2.29. The van der Waals surface area contributed by atoms with Gasteiger partial charge in [-0.3, -0.25) is 4.79 Å². The van der Waals surface area contributed by atoms with Crippen LogP contribution in [-0.4, -0.2) is 80.3 Å². The smallest absolute Gasteiger partial charge is 0.247 e. The molecule has 4 rings (SSSR count). The van der Waals surface area contributed by atoms with Gasteiger partial charge in [-0.1, -0.05) is 6.58 Å². The van der Waals surface area contributed by atoms with Gasteiger partial charge in [-0.05, 0) is 44.4 Å². The van der Waals surface area contributed by atoms with Crippen LogP contribution in [-0.2, 0) is 4.79 Å². The summed E-state index contributed by atoms with van der Waals surface area (Å²) in [6, 6.07) is 9.20. The molecule has 0 radical (unpaired) electrons. The highest BCUT2D eigenvalue weighted by Gasteiger charge is 2.18. The van der Waals surface area contributed by atoms with Gasteiger partial charge in [0.15, 0.2) is 17.3 Å². The number of ether oxygens (including phenoxy) is 3. The number of carbonyl (C=O) groups is 1. The quantitative estimate of drug-likeness (QED) is 0.398. The molecule has 1 aliphatic heterocycles. The number of methoxy groups -OCH3 is 1. The van der Waals surface area contributed by atoms with Gasteiger partial charge >= 0.3 is 0 Å². The van der Waals surface area contributed by atoms with E-state index in [1.807, 2.05) is 50.3 Å². The molecule has 0 unspecified atom stereocenters. The first-order valence-electron chi connectivity index (χ1n) is 11.8. The fourth-order valence-electron chi connectivity index (χ4n) is 3.70. The Morgan fingerprint density at radius 3 is 2.59 bits per heavy atom. The molecule has 1 aliphatic rings. The number of hydrogen-bond acceptors (Lipinski definition) is 10. The predicted molar refractivity (Wildman–Crippen MR) is 143 cm³/mol. The summed E-state index contributed by atoms with van der Waals surface area (Å²) < 4.78 is 16.9. The zero-order valence-corrected chi connectivity index (χ0v) is 21.4. The van der Waals surface area contributed by atoms with E-state index < -0.39 is 0 Å². The minimum atomic E-state index is -0.320. The van der Waals surface area contributed by atoms with Crippen molar-refractivity contribution in [1.82, 2.24) is 19.9 Å². The topological polar surface area (TPSA) is 114 Å². The van der Waals surface area contributed by atoms with E-state index in [0.717, 1.165) is 24.3 Å². The molecule has 0 atom stereocenters. The van der Waals surface area contributed by atoms with Gasteiger partial charge in [-0.25, -0.2) is 9.97 Å². The van der Waals surface area contributed by atoms with Crippen molar-refractivity contribution in [3.8, 4) is 28.6 Å². The summed E-state index contributed by atoms with van der Waals surface area (Å²) in [6.07, 6.45) is 2.66. The van der Waals surface area contributed by atoms with Crippen LogP contribution >= 0.6 is 0 Å². The second kappa shape index (κ2) is 11.6. The van der Waals surface area contributed by atoms with Crippen LogP contribution in [0.2, 0.25) is 0 Å². The normalized spacial score (nSPS) is 12.1. The molecule has 0 spiro atoms. The number of nitrogens with one attached hydrogen (secondary N) is 2. The summed E-state index contributed by atoms with van der Waals surface area (Å²) >= 11 is 0. The van der Waals surface area contributed by atoms with E-state index in [9.17, 15) is 4.79 Å². The molecule has 1 amide bonds. The van der Waals surface area contributed by atoms with Crippen LogP contribution in [0.25, 0.3) is 11.4 Å². The van der Waals surface area contributed by atoms with Gasteiger partial charge in [-0.15, -0.1) is 0 Å². The molecule has 2 aromatic carbocycles. The van der Waals surface area contributed by atoms with Gasteiger partial charge in [0.05, 0.1) is 24.2 Å². The van der Waals surface area contributed by atoms with Gasteiger partial charge in [0.25, 0.3) is 0 Å². The molecule has 2 N–H and O–H groups in total. The molecule has 11 heteroatoms. The lowest BCUT2D eigenvalue weighted by Gasteiger charge is -2.26. The summed E-state index contributed by atoms with van der Waals surface area (Å²) in [7, 11) is 7.56. The number of benzene rings is 2. The van der Waals surface area contributed by atoms with Crippen molar-refractivity contribution in [2.75, 3.05) is 70.1 Å². The molecule has 37 heavy (non-hydrogen) atoms. The van der Waals surface area contributed by atoms with Crippen LogP contribution in [0.5, 0.6) is 17.2 Å². The lowest BCUT2D eigenvalue weighted by molar-refractivity contribution is -0.111. The van der Waals surface area contributed by atoms with E-state index >= 15 is 0 Å². The first-order chi connectivity index (χ1) is 17.9. The van der Waals surface area contributed by atoms with E-state index in [2.05, 4.69) is 37.1 Å². The van der Waals surface area contributed by atoms with Crippen molar-refractivity contribution < 1.29 is 19.0 Å². The fraction of sp³-hybridized carbons (Fsp3) is 0.308. The number of fused-ring (bicyclic) bond motifs is 1. The first-order valence-corrected chi connectivity index (χ1v) is 11.8. The number of likely N-dealkylation sites (N-methyl/N-ethyl adjacent to an activating group) is 2. The largest absolute Gasteiger partial charge is 0.494 e. The maximum Gasteiger partial charge on any atom is 0.247 e. The molecule has 2 heterocycles. The maximum absolute atomic E-state index is 12.2. The summed E-state index contributed by atoms with van der Waals surface area (Å²) in [6.45, 7) is 6.15. The monoisotopic (exact) mass is 505 g/mol. The Morgan fingerprint density at radius 1 is 1.08 bits per heavy atom. The van der Waals surface area contributed by atoms with Crippen LogP contribution in [0.3, 0.4) is 0 Å². The third kappa shape index (κ3) is 6.25. The Hall–Kier alpha value is -4.38. The fourth-order valence-corrected chi connectivity index (χ4v) is 3.70. The summed E-state index contributed by atoms with van der Waals surface area (Å²) in [5, 5.41) is 6.08. The molecule has 11 nitrogen and oxygen atoms in total. The SMILES string of the molecule is C=CC(=O)Nc1cc(Nc2ncnc(-c3ccc4c(c3)OCCO4)n2)c(OC)cc1N(C)CCN(C)C. The molecule has 0 saturated carbocycles. The van der Waals surface area contributed by atoms with Crippen molar-refractivity contribution in [1.29, 1.82) is 0 Å². The average molecular weight is 506 g/mol. The Balaban J connectivity index is 1.65. The Kier molecular flexibility index (Phi) is 8.04. The number of nitrogens with zero attached hydrogens (tertiary/aromatic N) is 5. The van der Waals surface area contributed by atoms with Crippen molar-refractivity contribution in [3.63, 3.8) is 0 Å². The average Bonchev–Trinajstić information content (AvgIpc) is 2.91. The third-order valence-corrected chi connectivity index (χ3v) is 5.67. The Labute approximate surface area is 216 Å². The first kappa shape index (κ1) is 25.7. The van der Waals surface area contributed by atoms with Crippen LogP contribution in [0.4, 0.5) is 23.0 Å². The van der Waals surface area contributed by atoms with Crippen LogP contribution in [0.15, 0.2) is 49.3 Å². The Morgan fingerprint density at radius 2 is 1.86 bits per heavy atom. The molecule has 194 valence electrons. The summed E-state index contributed by atoms with van der Waals surface area (Å²) in [5.41, 5.74) is 2.73. The molecular formula is C26H31N7O4. The van der Waals surface area contributed by atoms with Gasteiger partial charge in [0.2, 0.25) is 11.9 Å². The lowest BCUT2D eigenvalue weighted by atomic mass is 10.2. The zero-order valence-electron chi connectivity index (χ0n) is 21.4. The van der Waals surface area contributed by atoms with Gasteiger partial charge < -0.3 is 34.6 Å². The highest BCUT2D eigenvalue weighted by Crippen LogP contribution is 2.38. The highest BCUT2D eigenvalue weighted by molar-refractivity contribution is 6.02. The van der Waals surface area contributed by atoms with Crippen LogP contribution in [0.1, 0.15) is 0 Å². The molecule has 0 fully saturated rings. The number of rotatable bonds is 10. The minimum absolute atomic E-state index is 0.313. The third-order valence-electron chi connectivity index (χ3n) is 5.67. The molecular weight excluding hydrogens is 474 g/mol. The van der Waals surface area contributed by atoms with Crippen LogP contribution in [0, 0.1) is 0 Å². The van der Waals surface area contributed by atoms with E-state index in [1.54, 1.807) is 13.2 Å². The zero-order chi connectivity index (χ0) is 26.4. The number of amides is 1. The molecule has 0 aliphatic carbocycles. The van der Waals surface area contributed by atoms with E-state index in [1.165, 1.54) is 12.4 Å². The maximum atomic E-state index is 12.2. The van der Waals surface area contributed by atoms with Crippen LogP contribution < -0.4 is 29.7 Å². The molecule has 1 aromatic heterocycles. The second-order valence-electron chi connectivity index (χ2n) is 8.60. The number of anilines is 4. The van der Waals surface area contributed by atoms with Crippen molar-refractivity contribution in [3.05, 3.63) is 49.3 Å². The second-order valence-corrected chi connectivity index (χ2v) is 8.60. The molecule has 0 bridgehead atoms. The van der Waals surface area contributed by atoms with E-state index in [0.29, 0.717) is 53.6 Å². The van der Waals surface area contributed by atoms with E-state index in [-0.39, 0.29) is 5.91 Å².